The van der Waals surface area contributed by atoms with E-state index >= 15 is 0 Å². The third-order valence-electron chi connectivity index (χ3n) is 1.60. The van der Waals surface area contributed by atoms with Gasteiger partial charge in [0.2, 0.25) is 0 Å². The zero-order valence-corrected chi connectivity index (χ0v) is 8.78. The van der Waals surface area contributed by atoms with E-state index in [-0.39, 0.29) is 0 Å². The van der Waals surface area contributed by atoms with E-state index in [1.54, 1.807) is 31.2 Å². The van der Waals surface area contributed by atoms with Crippen molar-refractivity contribution < 1.29 is 9.59 Å². The van der Waals surface area contributed by atoms with E-state index in [2.05, 4.69) is 23.3 Å². The Hall–Kier alpha value is -1.52. The van der Waals surface area contributed by atoms with Gasteiger partial charge < -0.3 is 9.59 Å². The van der Waals surface area contributed by atoms with E-state index in [1.807, 2.05) is 6.07 Å². The molecular formula is C11H10O2Si. The van der Waals surface area contributed by atoms with Crippen LogP contribution >= 0.6 is 0 Å². The molecule has 2 nitrogen and oxygen atoms in total. The average Bonchev–Trinajstić information content (AvgIpc) is 2.19. The molecule has 0 atom stereocenters. The van der Waals surface area contributed by atoms with Crippen LogP contribution in [-0.4, -0.2) is 18.2 Å². The lowest BCUT2D eigenvalue weighted by Gasteiger charge is -2.09. The number of rotatable bonds is 1. The van der Waals surface area contributed by atoms with Crippen LogP contribution in [0.4, 0.5) is 0 Å². The Morgan fingerprint density at radius 3 is 2.29 bits per heavy atom. The fourth-order valence-corrected chi connectivity index (χ4v) is 1.96. The first-order valence-electron chi connectivity index (χ1n) is 4.11. The highest BCUT2D eigenvalue weighted by atomic mass is 28.4. The molecule has 0 aliphatic heterocycles. The summed E-state index contributed by atoms with van der Waals surface area (Å²) in [6, 6.07) is 8.61. The van der Waals surface area contributed by atoms with Crippen LogP contribution in [0, 0.1) is 23.3 Å². The molecule has 1 aromatic carbocycles. The number of hydrogen-bond acceptors (Lipinski definition) is 2. The molecule has 0 aliphatic carbocycles. The van der Waals surface area contributed by atoms with Crippen molar-refractivity contribution in [1.82, 2.24) is 0 Å². The lowest BCUT2D eigenvalue weighted by atomic mass is 10.4. The Balaban J connectivity index is 2.97. The SMILES string of the molecule is CC#CC#C[Si](O)(O)c1ccccc1. The van der Waals surface area contributed by atoms with Crippen molar-refractivity contribution in [2.45, 2.75) is 6.92 Å². The van der Waals surface area contributed by atoms with E-state index in [0.29, 0.717) is 5.19 Å². The molecule has 0 aliphatic rings. The van der Waals surface area contributed by atoms with E-state index < -0.39 is 8.56 Å². The molecule has 1 aromatic rings. The first-order valence-corrected chi connectivity index (χ1v) is 6.00. The molecular weight excluding hydrogens is 192 g/mol. The van der Waals surface area contributed by atoms with Gasteiger partial charge >= 0.3 is 8.56 Å². The molecule has 0 heterocycles. The quantitative estimate of drug-likeness (QED) is 0.492. The van der Waals surface area contributed by atoms with Crippen molar-refractivity contribution in [3.05, 3.63) is 30.3 Å². The third-order valence-corrected chi connectivity index (χ3v) is 3.21. The van der Waals surface area contributed by atoms with Gasteiger partial charge in [0.15, 0.2) is 0 Å². The van der Waals surface area contributed by atoms with Crippen LogP contribution in [-0.2, 0) is 0 Å². The summed E-state index contributed by atoms with van der Waals surface area (Å²) >= 11 is 0. The van der Waals surface area contributed by atoms with Crippen LogP contribution in [0.15, 0.2) is 30.3 Å². The highest BCUT2D eigenvalue weighted by molar-refractivity contribution is 6.86. The minimum absolute atomic E-state index is 0.477. The third kappa shape index (κ3) is 2.76. The Bertz CT molecular complexity index is 415. The van der Waals surface area contributed by atoms with Gasteiger partial charge in [0.25, 0.3) is 0 Å². The summed E-state index contributed by atoms with van der Waals surface area (Å²) < 4.78 is 0. The smallest absolute Gasteiger partial charge is 0.398 e. The Labute approximate surface area is 84.5 Å². The number of benzene rings is 1. The van der Waals surface area contributed by atoms with Crippen LogP contribution < -0.4 is 5.19 Å². The molecule has 3 heteroatoms. The first-order chi connectivity index (χ1) is 6.67. The summed E-state index contributed by atoms with van der Waals surface area (Å²) in [6.45, 7) is 1.65. The molecule has 70 valence electrons. The average molecular weight is 202 g/mol. The Morgan fingerprint density at radius 1 is 1.07 bits per heavy atom. The predicted molar refractivity (Wildman–Crippen MR) is 57.5 cm³/mol. The fourth-order valence-electron chi connectivity index (χ4n) is 0.924. The van der Waals surface area contributed by atoms with Gasteiger partial charge in [-0.2, -0.15) is 0 Å². The lowest BCUT2D eigenvalue weighted by molar-refractivity contribution is 0.403. The highest BCUT2D eigenvalue weighted by Crippen LogP contribution is 1.93. The Morgan fingerprint density at radius 2 is 1.71 bits per heavy atom. The van der Waals surface area contributed by atoms with Crippen LogP contribution in [0.1, 0.15) is 6.92 Å². The molecule has 1 rings (SSSR count). The topological polar surface area (TPSA) is 40.5 Å². The van der Waals surface area contributed by atoms with Gasteiger partial charge in [-0.3, -0.25) is 0 Å². The van der Waals surface area contributed by atoms with Crippen molar-refractivity contribution in [3.63, 3.8) is 0 Å². The van der Waals surface area contributed by atoms with Gasteiger partial charge in [0, 0.05) is 5.19 Å². The van der Waals surface area contributed by atoms with Crippen molar-refractivity contribution >= 4 is 13.7 Å². The zero-order valence-electron chi connectivity index (χ0n) is 7.78. The minimum Gasteiger partial charge on any atom is -0.398 e. The summed E-state index contributed by atoms with van der Waals surface area (Å²) in [6.07, 6.45) is 0. The van der Waals surface area contributed by atoms with Crippen molar-refractivity contribution in [2.75, 3.05) is 0 Å². The predicted octanol–water partition coefficient (Wildman–Crippen LogP) is -0.114. The van der Waals surface area contributed by atoms with Gasteiger partial charge in [-0.25, -0.2) is 0 Å². The van der Waals surface area contributed by atoms with Gasteiger partial charge in [-0.15, -0.1) is 0 Å². The van der Waals surface area contributed by atoms with Crippen molar-refractivity contribution in [2.24, 2.45) is 0 Å². The molecule has 0 saturated carbocycles. The highest BCUT2D eigenvalue weighted by Gasteiger charge is 2.29. The van der Waals surface area contributed by atoms with Crippen LogP contribution in [0.2, 0.25) is 0 Å². The molecule has 0 aromatic heterocycles. The molecule has 14 heavy (non-hydrogen) atoms. The second-order valence-corrected chi connectivity index (χ2v) is 4.84. The van der Waals surface area contributed by atoms with E-state index in [4.69, 9.17) is 0 Å². The van der Waals surface area contributed by atoms with Gasteiger partial charge in [0.05, 0.1) is 0 Å². The summed E-state index contributed by atoms with van der Waals surface area (Å²) in [4.78, 5) is 19.3. The molecule has 0 amide bonds. The molecule has 2 N–H and O–H groups in total. The second kappa shape index (κ2) is 4.64. The molecule has 0 fully saturated rings. The van der Waals surface area contributed by atoms with Crippen LogP contribution in [0.25, 0.3) is 0 Å². The maximum absolute atomic E-state index is 9.67. The first kappa shape index (κ1) is 10.6. The fraction of sp³-hybridized carbons (Fsp3) is 0.0909. The number of hydrogen-bond donors (Lipinski definition) is 2. The van der Waals surface area contributed by atoms with Crippen LogP contribution in [0.5, 0.6) is 0 Å². The molecule has 0 unspecified atom stereocenters. The second-order valence-electron chi connectivity index (χ2n) is 2.66. The molecule has 0 bridgehead atoms. The van der Waals surface area contributed by atoms with Gasteiger partial charge in [-0.05, 0) is 18.8 Å². The van der Waals surface area contributed by atoms with Gasteiger partial charge in [-0.1, -0.05) is 41.8 Å². The Kier molecular flexibility index (Phi) is 3.50. The largest absolute Gasteiger partial charge is 0.454 e. The van der Waals surface area contributed by atoms with Gasteiger partial charge in [0.1, 0.15) is 0 Å². The summed E-state index contributed by atoms with van der Waals surface area (Å²) in [5.74, 6) is 7.47. The maximum Gasteiger partial charge on any atom is 0.454 e. The molecule has 0 radical (unpaired) electrons. The zero-order chi connectivity index (χ0) is 10.4. The monoisotopic (exact) mass is 202 g/mol. The minimum atomic E-state index is -3.58. The van der Waals surface area contributed by atoms with E-state index in [9.17, 15) is 9.59 Å². The summed E-state index contributed by atoms with van der Waals surface area (Å²) in [5.41, 5.74) is 2.40. The van der Waals surface area contributed by atoms with Crippen LogP contribution in [0.3, 0.4) is 0 Å². The summed E-state index contributed by atoms with van der Waals surface area (Å²) in [7, 11) is -3.58. The van der Waals surface area contributed by atoms with E-state index in [0.717, 1.165) is 0 Å². The summed E-state index contributed by atoms with van der Waals surface area (Å²) in [5, 5.41) is 0.477. The van der Waals surface area contributed by atoms with Crippen molar-refractivity contribution in [3.8, 4) is 23.3 Å². The van der Waals surface area contributed by atoms with Crippen molar-refractivity contribution in [1.29, 1.82) is 0 Å². The maximum atomic E-state index is 9.67. The molecule has 0 spiro atoms. The standard InChI is InChI=1S/C11H10O2Si/c1-2-3-7-10-14(12,13)11-8-5-4-6-9-11/h4-6,8-9,12-13H,1H3. The molecule has 0 saturated heterocycles. The normalized spacial score (nSPS) is 9.36. The lowest BCUT2D eigenvalue weighted by Crippen LogP contribution is -2.47. The van der Waals surface area contributed by atoms with E-state index in [1.165, 1.54) is 0 Å².